The molecule has 1 aliphatic carbocycles. The number of carbonyl (C=O) groups excluding carboxylic acids is 1. The van der Waals surface area contributed by atoms with Crippen LogP contribution in [0.3, 0.4) is 0 Å². The van der Waals surface area contributed by atoms with Crippen molar-refractivity contribution < 1.29 is 23.8 Å². The SMILES string of the molecule is O=C(c1ccc(OC2CCCCC2N2CCCCC2)cc1)c1c(-c2ccc(OCCN3CCCC3)cc2)sc2cc(O)c(F)cc12. The summed E-state index contributed by atoms with van der Waals surface area (Å²) in [7, 11) is 0. The molecule has 2 saturated heterocycles. The Kier molecular flexibility index (Phi) is 9.56. The van der Waals surface area contributed by atoms with Gasteiger partial charge in [0.25, 0.3) is 0 Å². The zero-order chi connectivity index (χ0) is 31.5. The van der Waals surface area contributed by atoms with Gasteiger partial charge in [-0.15, -0.1) is 11.3 Å². The third-order valence-corrected chi connectivity index (χ3v) is 11.1. The van der Waals surface area contributed by atoms with Gasteiger partial charge in [0.1, 0.15) is 24.2 Å². The van der Waals surface area contributed by atoms with Gasteiger partial charge in [-0.1, -0.05) is 12.8 Å². The molecule has 0 spiro atoms. The Morgan fingerprint density at radius 3 is 2.30 bits per heavy atom. The first-order valence-corrected chi connectivity index (χ1v) is 17.8. The van der Waals surface area contributed by atoms with E-state index in [0.717, 1.165) is 61.1 Å². The summed E-state index contributed by atoms with van der Waals surface area (Å²) in [6.07, 6.45) is 11.2. The number of phenolic OH excluding ortho intramolecular Hbond substituents is 1. The molecule has 1 saturated carbocycles. The quantitative estimate of drug-likeness (QED) is 0.176. The summed E-state index contributed by atoms with van der Waals surface area (Å²) in [6, 6.07) is 18.3. The van der Waals surface area contributed by atoms with E-state index in [0.29, 0.717) is 33.9 Å². The number of aromatic hydroxyl groups is 1. The normalized spacial score (nSPS) is 21.1. The Morgan fingerprint density at radius 2 is 1.54 bits per heavy atom. The topological polar surface area (TPSA) is 62.2 Å². The van der Waals surface area contributed by atoms with Crippen molar-refractivity contribution in [1.29, 1.82) is 0 Å². The molecular formula is C38H43FN2O4S. The fourth-order valence-electron chi connectivity index (χ4n) is 7.42. The van der Waals surface area contributed by atoms with Crippen LogP contribution in [-0.2, 0) is 0 Å². The third-order valence-electron chi connectivity index (χ3n) is 9.91. The average Bonchev–Trinajstić information content (AvgIpc) is 3.74. The summed E-state index contributed by atoms with van der Waals surface area (Å²) in [4.78, 5) is 19.9. The highest BCUT2D eigenvalue weighted by Crippen LogP contribution is 2.42. The summed E-state index contributed by atoms with van der Waals surface area (Å²) in [5, 5.41) is 10.6. The number of phenols is 1. The molecule has 0 amide bonds. The van der Waals surface area contributed by atoms with Gasteiger partial charge in [0.15, 0.2) is 17.3 Å². The molecule has 46 heavy (non-hydrogen) atoms. The Hall–Kier alpha value is -3.46. The molecule has 242 valence electrons. The zero-order valence-corrected chi connectivity index (χ0v) is 27.2. The van der Waals surface area contributed by atoms with E-state index >= 15 is 0 Å². The Bertz CT molecular complexity index is 1640. The molecule has 0 bridgehead atoms. The van der Waals surface area contributed by atoms with Crippen LogP contribution in [0.5, 0.6) is 17.2 Å². The second kappa shape index (κ2) is 14.1. The first-order chi connectivity index (χ1) is 22.5. The molecule has 2 aliphatic heterocycles. The number of carbonyl (C=O) groups is 1. The first kappa shape index (κ1) is 31.2. The summed E-state index contributed by atoms with van der Waals surface area (Å²) in [6.45, 7) is 6.12. The van der Waals surface area contributed by atoms with Crippen LogP contribution in [0.25, 0.3) is 20.5 Å². The fraction of sp³-hybridized carbons (Fsp3) is 0.447. The van der Waals surface area contributed by atoms with Crippen LogP contribution in [0, 0.1) is 5.82 Å². The van der Waals surface area contributed by atoms with E-state index in [9.17, 15) is 14.3 Å². The molecule has 0 radical (unpaired) electrons. The monoisotopic (exact) mass is 642 g/mol. The molecule has 3 fully saturated rings. The smallest absolute Gasteiger partial charge is 0.195 e. The number of halogens is 1. The van der Waals surface area contributed by atoms with Gasteiger partial charge in [0, 0.05) is 44.7 Å². The number of hydrogen-bond donors (Lipinski definition) is 1. The fourth-order valence-corrected chi connectivity index (χ4v) is 8.64. The van der Waals surface area contributed by atoms with Gasteiger partial charge >= 0.3 is 0 Å². The number of likely N-dealkylation sites (tertiary alicyclic amines) is 2. The van der Waals surface area contributed by atoms with Crippen molar-refractivity contribution in [2.75, 3.05) is 39.3 Å². The van der Waals surface area contributed by atoms with Crippen LogP contribution in [0.2, 0.25) is 0 Å². The molecule has 3 aromatic carbocycles. The van der Waals surface area contributed by atoms with Crippen LogP contribution in [0.15, 0.2) is 60.7 Å². The Morgan fingerprint density at radius 1 is 0.848 bits per heavy atom. The lowest BCUT2D eigenvalue weighted by molar-refractivity contribution is 0.0261. The molecular weight excluding hydrogens is 599 g/mol. The number of piperidine rings is 1. The molecule has 6 nitrogen and oxygen atoms in total. The molecule has 8 heteroatoms. The molecule has 3 aliphatic rings. The maximum atomic E-state index is 14.6. The summed E-state index contributed by atoms with van der Waals surface area (Å²) in [5.41, 5.74) is 1.80. The highest BCUT2D eigenvalue weighted by atomic mass is 32.1. The lowest BCUT2D eigenvalue weighted by atomic mass is 9.90. The predicted molar refractivity (Wildman–Crippen MR) is 182 cm³/mol. The summed E-state index contributed by atoms with van der Waals surface area (Å²) in [5.74, 6) is 0.196. The lowest BCUT2D eigenvalue weighted by Gasteiger charge is -2.41. The number of nitrogens with zero attached hydrogens (tertiary/aromatic N) is 2. The van der Waals surface area contributed by atoms with Crippen molar-refractivity contribution >= 4 is 27.2 Å². The van der Waals surface area contributed by atoms with Crippen LogP contribution in [0.4, 0.5) is 4.39 Å². The highest BCUT2D eigenvalue weighted by molar-refractivity contribution is 7.22. The van der Waals surface area contributed by atoms with Crippen LogP contribution >= 0.6 is 11.3 Å². The number of thiophene rings is 1. The standard InChI is InChI=1S/C38H43FN2O4S/c39-31-24-30-35(25-33(31)42)46-38(27-12-14-28(15-13-27)44-23-22-40-18-6-7-19-40)36(30)37(43)26-10-16-29(17-11-26)45-34-9-3-2-8-32(34)41-20-4-1-5-21-41/h10-17,24-25,32,34,42H,1-9,18-23H2. The van der Waals surface area contributed by atoms with Crippen LogP contribution < -0.4 is 9.47 Å². The van der Waals surface area contributed by atoms with Gasteiger partial charge in [-0.05, 0) is 131 Å². The minimum Gasteiger partial charge on any atom is -0.505 e. The number of benzene rings is 3. The van der Waals surface area contributed by atoms with Crippen molar-refractivity contribution in [2.45, 2.75) is 69.9 Å². The predicted octanol–water partition coefficient (Wildman–Crippen LogP) is 8.29. The molecule has 3 heterocycles. The number of ether oxygens (including phenoxy) is 2. The van der Waals surface area contributed by atoms with Gasteiger partial charge in [-0.3, -0.25) is 14.6 Å². The van der Waals surface area contributed by atoms with Crippen LogP contribution in [0.1, 0.15) is 73.7 Å². The average molecular weight is 643 g/mol. The zero-order valence-electron chi connectivity index (χ0n) is 26.4. The lowest BCUT2D eigenvalue weighted by Crippen LogP contribution is -2.49. The molecule has 2 atom stereocenters. The molecule has 1 aromatic heterocycles. The van der Waals surface area contributed by atoms with Crippen molar-refractivity contribution in [3.8, 4) is 27.7 Å². The third kappa shape index (κ3) is 6.80. The Labute approximate surface area is 274 Å². The number of fused-ring (bicyclic) bond motifs is 1. The van der Waals surface area contributed by atoms with Gasteiger partial charge < -0.3 is 14.6 Å². The van der Waals surface area contributed by atoms with Crippen molar-refractivity contribution in [3.05, 3.63) is 77.6 Å². The number of ketones is 1. The van der Waals surface area contributed by atoms with E-state index in [1.54, 1.807) is 0 Å². The van der Waals surface area contributed by atoms with Crippen molar-refractivity contribution in [1.82, 2.24) is 9.80 Å². The molecule has 1 N–H and O–H groups in total. The van der Waals surface area contributed by atoms with E-state index in [2.05, 4.69) is 9.80 Å². The molecule has 4 aromatic rings. The summed E-state index contributed by atoms with van der Waals surface area (Å²) >= 11 is 1.38. The minimum atomic E-state index is -0.743. The second-order valence-electron chi connectivity index (χ2n) is 13.0. The molecule has 7 rings (SSSR count). The van der Waals surface area contributed by atoms with E-state index in [-0.39, 0.29) is 11.9 Å². The largest absolute Gasteiger partial charge is 0.505 e. The summed E-state index contributed by atoms with van der Waals surface area (Å²) < 4.78 is 27.9. The van der Waals surface area contributed by atoms with E-state index in [1.165, 1.54) is 74.8 Å². The molecule has 2 unspecified atom stereocenters. The minimum absolute atomic E-state index is 0.156. The van der Waals surface area contributed by atoms with Crippen molar-refractivity contribution in [2.24, 2.45) is 0 Å². The van der Waals surface area contributed by atoms with Gasteiger partial charge in [0.2, 0.25) is 0 Å². The van der Waals surface area contributed by atoms with Crippen molar-refractivity contribution in [3.63, 3.8) is 0 Å². The second-order valence-corrected chi connectivity index (χ2v) is 14.0. The van der Waals surface area contributed by atoms with Gasteiger partial charge in [-0.2, -0.15) is 0 Å². The van der Waals surface area contributed by atoms with Gasteiger partial charge in [0.05, 0.1) is 0 Å². The van der Waals surface area contributed by atoms with E-state index < -0.39 is 11.6 Å². The number of hydrogen-bond acceptors (Lipinski definition) is 7. The first-order valence-electron chi connectivity index (χ1n) is 17.0. The highest BCUT2D eigenvalue weighted by Gasteiger charge is 2.32. The van der Waals surface area contributed by atoms with E-state index in [1.807, 2.05) is 48.5 Å². The maximum Gasteiger partial charge on any atom is 0.195 e. The Balaban J connectivity index is 1.11. The maximum absolute atomic E-state index is 14.6. The number of rotatable bonds is 10. The van der Waals surface area contributed by atoms with Crippen LogP contribution in [-0.4, -0.2) is 72.2 Å². The van der Waals surface area contributed by atoms with E-state index in [4.69, 9.17) is 9.47 Å². The van der Waals surface area contributed by atoms with Gasteiger partial charge in [-0.25, -0.2) is 4.39 Å².